The molecule has 0 atom stereocenters. The van der Waals surface area contributed by atoms with Crippen LogP contribution in [0.1, 0.15) is 21.6 Å². The van der Waals surface area contributed by atoms with Crippen LogP contribution in [-0.2, 0) is 12.7 Å². The van der Waals surface area contributed by atoms with Gasteiger partial charge in [-0.2, -0.15) is 13.2 Å². The molecule has 35 heavy (non-hydrogen) atoms. The first kappa shape index (κ1) is 22.9. The summed E-state index contributed by atoms with van der Waals surface area (Å²) in [5, 5.41) is 0.889. The maximum Gasteiger partial charge on any atom is 0.417 e. The van der Waals surface area contributed by atoms with E-state index in [9.17, 15) is 22.4 Å². The van der Waals surface area contributed by atoms with E-state index in [2.05, 4.69) is 4.98 Å². The van der Waals surface area contributed by atoms with Crippen molar-refractivity contribution in [2.45, 2.75) is 12.7 Å². The lowest BCUT2D eigenvalue weighted by Crippen LogP contribution is -2.49. The molecule has 1 aliphatic rings. The highest BCUT2D eigenvalue weighted by molar-refractivity contribution is 5.99. The molecule has 0 bridgehead atoms. The largest absolute Gasteiger partial charge is 0.417 e. The lowest BCUT2D eigenvalue weighted by atomic mass is 10.2. The number of halogens is 4. The second kappa shape index (κ2) is 9.05. The Morgan fingerprint density at radius 3 is 2.31 bits per heavy atom. The third kappa shape index (κ3) is 4.58. The summed E-state index contributed by atoms with van der Waals surface area (Å²) in [5.74, 6) is -0.0577. The van der Waals surface area contributed by atoms with Crippen molar-refractivity contribution in [3.05, 3.63) is 95.6 Å². The zero-order valence-corrected chi connectivity index (χ0v) is 18.7. The van der Waals surface area contributed by atoms with Gasteiger partial charge in [0.1, 0.15) is 17.3 Å². The SMILES string of the molecule is O=C(c1cc2ccccc2n1Cc1ccccc1F)N1CCN(c2ccc(C(F)(F)F)cn2)CC1. The number of benzene rings is 2. The molecule has 1 saturated heterocycles. The van der Waals surface area contributed by atoms with E-state index in [0.717, 1.165) is 23.2 Å². The van der Waals surface area contributed by atoms with Crippen molar-refractivity contribution < 1.29 is 22.4 Å². The molecule has 3 heterocycles. The van der Waals surface area contributed by atoms with E-state index in [1.54, 1.807) is 23.1 Å². The molecule has 5 rings (SSSR count). The number of rotatable bonds is 4. The molecule has 1 amide bonds. The van der Waals surface area contributed by atoms with Gasteiger partial charge in [-0.1, -0.05) is 36.4 Å². The summed E-state index contributed by atoms with van der Waals surface area (Å²) in [7, 11) is 0. The van der Waals surface area contributed by atoms with Gasteiger partial charge in [0.15, 0.2) is 0 Å². The number of piperazine rings is 1. The highest BCUT2D eigenvalue weighted by atomic mass is 19.4. The van der Waals surface area contributed by atoms with E-state index < -0.39 is 11.7 Å². The number of aromatic nitrogens is 2. The van der Waals surface area contributed by atoms with Gasteiger partial charge in [-0.3, -0.25) is 4.79 Å². The second-order valence-electron chi connectivity index (χ2n) is 8.45. The Morgan fingerprint density at radius 1 is 0.914 bits per heavy atom. The van der Waals surface area contributed by atoms with Crippen LogP contribution in [0.4, 0.5) is 23.4 Å². The Hall–Kier alpha value is -3.88. The Bertz CT molecular complexity index is 1360. The van der Waals surface area contributed by atoms with E-state index in [0.29, 0.717) is 43.3 Å². The monoisotopic (exact) mass is 482 g/mol. The van der Waals surface area contributed by atoms with Crippen molar-refractivity contribution >= 4 is 22.6 Å². The predicted molar refractivity (Wildman–Crippen MR) is 125 cm³/mol. The molecule has 0 radical (unpaired) electrons. The van der Waals surface area contributed by atoms with Gasteiger partial charge in [0.25, 0.3) is 5.91 Å². The molecular formula is C26H22F4N4O. The lowest BCUT2D eigenvalue weighted by Gasteiger charge is -2.35. The van der Waals surface area contributed by atoms with Crippen molar-refractivity contribution in [2.24, 2.45) is 0 Å². The minimum atomic E-state index is -4.43. The number of para-hydroxylation sites is 1. The summed E-state index contributed by atoms with van der Waals surface area (Å²) in [4.78, 5) is 21.0. The molecule has 0 aliphatic carbocycles. The Balaban J connectivity index is 1.35. The fourth-order valence-corrected chi connectivity index (χ4v) is 4.40. The summed E-state index contributed by atoms with van der Waals surface area (Å²) in [5.41, 5.74) is 1.00. The number of hydrogen-bond acceptors (Lipinski definition) is 3. The molecule has 4 aromatic rings. The van der Waals surface area contributed by atoms with Gasteiger partial charge < -0.3 is 14.4 Å². The fourth-order valence-electron chi connectivity index (χ4n) is 4.40. The normalized spacial score (nSPS) is 14.5. The first-order valence-corrected chi connectivity index (χ1v) is 11.2. The zero-order valence-electron chi connectivity index (χ0n) is 18.7. The van der Waals surface area contributed by atoms with Crippen LogP contribution in [0.25, 0.3) is 10.9 Å². The zero-order chi connectivity index (χ0) is 24.6. The average Bonchev–Trinajstić information content (AvgIpc) is 3.23. The van der Waals surface area contributed by atoms with Crippen molar-refractivity contribution in [1.29, 1.82) is 0 Å². The van der Waals surface area contributed by atoms with Gasteiger partial charge in [-0.15, -0.1) is 0 Å². The average molecular weight is 482 g/mol. The topological polar surface area (TPSA) is 41.4 Å². The van der Waals surface area contributed by atoms with Crippen LogP contribution in [-0.4, -0.2) is 46.5 Å². The minimum absolute atomic E-state index is 0.169. The first-order valence-electron chi connectivity index (χ1n) is 11.2. The standard InChI is InChI=1S/C26H22F4N4O/c27-21-7-3-1-6-19(21)17-34-22-8-4-2-5-18(22)15-23(34)25(35)33-13-11-32(12-14-33)24-10-9-20(16-31-24)26(28,29)30/h1-10,15-16H,11-14,17H2. The molecule has 2 aromatic carbocycles. The summed E-state index contributed by atoms with van der Waals surface area (Å²) >= 11 is 0. The van der Waals surface area contributed by atoms with Gasteiger partial charge in [0.05, 0.1) is 12.1 Å². The van der Waals surface area contributed by atoms with Gasteiger partial charge >= 0.3 is 6.18 Å². The maximum absolute atomic E-state index is 14.4. The Kier molecular flexibility index (Phi) is 5.92. The predicted octanol–water partition coefficient (Wildman–Crippen LogP) is 5.20. The summed E-state index contributed by atoms with van der Waals surface area (Å²) < 4.78 is 54.6. The molecule has 2 aromatic heterocycles. The van der Waals surface area contributed by atoms with E-state index in [1.807, 2.05) is 39.8 Å². The highest BCUT2D eigenvalue weighted by Gasteiger charge is 2.31. The van der Waals surface area contributed by atoms with Crippen molar-refractivity contribution in [1.82, 2.24) is 14.5 Å². The molecular weight excluding hydrogens is 460 g/mol. The summed E-state index contributed by atoms with van der Waals surface area (Å²) in [6.45, 7) is 1.89. The highest BCUT2D eigenvalue weighted by Crippen LogP contribution is 2.30. The third-order valence-corrected chi connectivity index (χ3v) is 6.28. The molecule has 9 heteroatoms. The lowest BCUT2D eigenvalue weighted by molar-refractivity contribution is -0.137. The fraction of sp³-hybridized carbons (Fsp3) is 0.231. The van der Waals surface area contributed by atoms with Gasteiger partial charge in [0.2, 0.25) is 0 Å². The van der Waals surface area contributed by atoms with E-state index in [4.69, 9.17) is 0 Å². The van der Waals surface area contributed by atoms with Crippen LogP contribution < -0.4 is 4.90 Å². The first-order chi connectivity index (χ1) is 16.8. The van der Waals surface area contributed by atoms with Crippen LogP contribution in [0.15, 0.2) is 72.9 Å². The number of amides is 1. The Morgan fingerprint density at radius 2 is 1.63 bits per heavy atom. The van der Waals surface area contributed by atoms with E-state index in [1.165, 1.54) is 12.1 Å². The molecule has 180 valence electrons. The number of carbonyl (C=O) groups excluding carboxylic acids is 1. The molecule has 1 aliphatic heterocycles. The molecule has 0 unspecified atom stereocenters. The van der Waals surface area contributed by atoms with Crippen LogP contribution in [0.5, 0.6) is 0 Å². The number of anilines is 1. The molecule has 0 N–H and O–H groups in total. The van der Waals surface area contributed by atoms with Gasteiger partial charge in [-0.05, 0) is 30.3 Å². The number of hydrogen-bond donors (Lipinski definition) is 0. The number of nitrogens with zero attached hydrogens (tertiary/aromatic N) is 4. The van der Waals surface area contributed by atoms with E-state index in [-0.39, 0.29) is 18.3 Å². The number of pyridine rings is 1. The minimum Gasteiger partial charge on any atom is -0.353 e. The smallest absolute Gasteiger partial charge is 0.353 e. The second-order valence-corrected chi connectivity index (χ2v) is 8.45. The van der Waals surface area contributed by atoms with Crippen molar-refractivity contribution in [3.63, 3.8) is 0 Å². The number of alkyl halides is 3. The number of fused-ring (bicyclic) bond motifs is 1. The molecule has 5 nitrogen and oxygen atoms in total. The molecule has 1 fully saturated rings. The van der Waals surface area contributed by atoms with Crippen LogP contribution >= 0.6 is 0 Å². The quantitative estimate of drug-likeness (QED) is 0.375. The van der Waals surface area contributed by atoms with Crippen LogP contribution in [0.3, 0.4) is 0 Å². The van der Waals surface area contributed by atoms with Crippen molar-refractivity contribution in [2.75, 3.05) is 31.1 Å². The van der Waals surface area contributed by atoms with E-state index >= 15 is 0 Å². The number of carbonyl (C=O) groups is 1. The van der Waals surface area contributed by atoms with Gasteiger partial charge in [0, 0.05) is 48.8 Å². The maximum atomic E-state index is 14.4. The summed E-state index contributed by atoms with van der Waals surface area (Å²) in [6, 6.07) is 18.3. The molecule has 0 saturated carbocycles. The summed E-state index contributed by atoms with van der Waals surface area (Å²) in [6.07, 6.45) is -3.61. The van der Waals surface area contributed by atoms with Crippen LogP contribution in [0, 0.1) is 5.82 Å². The Labute approximate surface area is 199 Å². The van der Waals surface area contributed by atoms with Crippen LogP contribution in [0.2, 0.25) is 0 Å². The molecule has 0 spiro atoms. The van der Waals surface area contributed by atoms with Gasteiger partial charge in [-0.25, -0.2) is 9.37 Å². The van der Waals surface area contributed by atoms with Crippen molar-refractivity contribution in [3.8, 4) is 0 Å². The third-order valence-electron chi connectivity index (χ3n) is 6.28.